The Morgan fingerprint density at radius 1 is 1.18 bits per heavy atom. The molecule has 0 spiro atoms. The molecule has 1 aromatic rings. The fourth-order valence-electron chi connectivity index (χ4n) is 1.31. The highest BCUT2D eigenvalue weighted by molar-refractivity contribution is 5.06. The van der Waals surface area contributed by atoms with E-state index in [0.29, 0.717) is 0 Å². The second-order valence-electron chi connectivity index (χ2n) is 3.42. The van der Waals surface area contributed by atoms with Crippen molar-refractivity contribution in [1.29, 1.82) is 0 Å². The van der Waals surface area contributed by atoms with Gasteiger partial charge in [0.05, 0.1) is 5.69 Å². The summed E-state index contributed by atoms with van der Waals surface area (Å²) in [5.41, 5.74) is -0.674. The molecule has 17 heavy (non-hydrogen) atoms. The van der Waals surface area contributed by atoms with Crippen LogP contribution in [0.4, 0.5) is 26.3 Å². The first-order valence-corrected chi connectivity index (χ1v) is 4.34. The minimum absolute atomic E-state index is 0.674. The lowest BCUT2D eigenvalue weighted by Crippen LogP contribution is -2.41. The molecule has 0 radical (unpaired) electrons. The predicted molar refractivity (Wildman–Crippen MR) is 43.8 cm³/mol. The van der Waals surface area contributed by atoms with E-state index in [9.17, 15) is 26.3 Å². The molecule has 1 rings (SSSR count). The average Bonchev–Trinajstić information content (AvgIpc) is 2.45. The van der Waals surface area contributed by atoms with Gasteiger partial charge in [-0.2, -0.15) is 31.4 Å². The molecule has 98 valence electrons. The van der Waals surface area contributed by atoms with Gasteiger partial charge in [0.15, 0.2) is 5.92 Å². The van der Waals surface area contributed by atoms with Crippen LogP contribution in [0.15, 0.2) is 12.3 Å². The van der Waals surface area contributed by atoms with Crippen LogP contribution in [-0.4, -0.2) is 27.2 Å². The summed E-state index contributed by atoms with van der Waals surface area (Å²) in [6.07, 6.45) is -12.8. The van der Waals surface area contributed by atoms with Gasteiger partial charge in [0.2, 0.25) is 0 Å². The monoisotopic (exact) mass is 262 g/mol. The maximum absolute atomic E-state index is 12.2. The Morgan fingerprint density at radius 3 is 1.94 bits per heavy atom. The Hall–Kier alpha value is -1.25. The lowest BCUT2D eigenvalue weighted by molar-refractivity contribution is -0.308. The molecule has 0 aliphatic heterocycles. The molecular formula is C8H8F6N2O. The third-order valence-corrected chi connectivity index (χ3v) is 2.06. The molecule has 1 unspecified atom stereocenters. The first kappa shape index (κ1) is 13.8. The average molecular weight is 262 g/mol. The molecule has 0 saturated carbocycles. The highest BCUT2D eigenvalue weighted by atomic mass is 19.4. The number of hydrogen-bond acceptors (Lipinski definition) is 2. The molecular weight excluding hydrogens is 254 g/mol. The van der Waals surface area contributed by atoms with Gasteiger partial charge in [-0.15, -0.1) is 0 Å². The largest absolute Gasteiger partial charge is 0.403 e. The number of rotatable bonds is 2. The molecule has 0 aliphatic rings. The number of alkyl halides is 6. The van der Waals surface area contributed by atoms with Gasteiger partial charge < -0.3 is 5.11 Å². The molecule has 3 nitrogen and oxygen atoms in total. The number of nitrogens with zero attached hydrogens (tertiary/aromatic N) is 2. The van der Waals surface area contributed by atoms with E-state index in [0.717, 1.165) is 16.9 Å². The third-order valence-electron chi connectivity index (χ3n) is 2.06. The van der Waals surface area contributed by atoms with Gasteiger partial charge in [0.1, 0.15) is 6.10 Å². The molecule has 9 heteroatoms. The summed E-state index contributed by atoms with van der Waals surface area (Å²) < 4.78 is 74.5. The summed E-state index contributed by atoms with van der Waals surface area (Å²) in [7, 11) is 1.31. The van der Waals surface area contributed by atoms with Crippen LogP contribution >= 0.6 is 0 Å². The van der Waals surface area contributed by atoms with Crippen LogP contribution in [0.1, 0.15) is 11.8 Å². The van der Waals surface area contributed by atoms with Gasteiger partial charge in [-0.25, -0.2) is 0 Å². The third kappa shape index (κ3) is 3.11. The van der Waals surface area contributed by atoms with Crippen molar-refractivity contribution in [2.75, 3.05) is 0 Å². The Morgan fingerprint density at radius 2 is 1.65 bits per heavy atom. The number of halogens is 6. The molecule has 0 amide bonds. The first-order valence-electron chi connectivity index (χ1n) is 4.34. The van der Waals surface area contributed by atoms with E-state index in [4.69, 9.17) is 5.11 Å². The topological polar surface area (TPSA) is 38.0 Å². The van der Waals surface area contributed by atoms with E-state index in [-0.39, 0.29) is 0 Å². The van der Waals surface area contributed by atoms with Crippen LogP contribution in [0.5, 0.6) is 0 Å². The van der Waals surface area contributed by atoms with Crippen molar-refractivity contribution in [2.45, 2.75) is 18.5 Å². The molecule has 1 aromatic heterocycles. The van der Waals surface area contributed by atoms with E-state index in [2.05, 4.69) is 5.10 Å². The number of hydrogen-bond donors (Lipinski definition) is 1. The van der Waals surface area contributed by atoms with Gasteiger partial charge in [-0.1, -0.05) is 0 Å². The molecule has 1 heterocycles. The number of aliphatic hydroxyl groups excluding tert-OH is 1. The number of aryl methyl sites for hydroxylation is 1. The molecule has 0 aliphatic carbocycles. The normalized spacial score (nSPS) is 15.4. The highest BCUT2D eigenvalue weighted by Gasteiger charge is 2.60. The summed E-state index contributed by atoms with van der Waals surface area (Å²) in [6, 6.07) is 0.898. The fourth-order valence-corrected chi connectivity index (χ4v) is 1.31. The number of aliphatic hydroxyl groups is 1. The van der Waals surface area contributed by atoms with Gasteiger partial charge in [0, 0.05) is 13.2 Å². The highest BCUT2D eigenvalue weighted by Crippen LogP contribution is 2.45. The molecule has 1 atom stereocenters. The van der Waals surface area contributed by atoms with Crippen LogP contribution in [0.25, 0.3) is 0 Å². The van der Waals surface area contributed by atoms with Crippen LogP contribution in [0.2, 0.25) is 0 Å². The molecule has 0 bridgehead atoms. The lowest BCUT2D eigenvalue weighted by atomic mass is 9.98. The second kappa shape index (κ2) is 4.21. The van der Waals surface area contributed by atoms with E-state index in [1.54, 1.807) is 0 Å². The molecule has 0 fully saturated rings. The summed E-state index contributed by atoms with van der Waals surface area (Å²) in [5, 5.41) is 12.5. The zero-order valence-corrected chi connectivity index (χ0v) is 8.42. The predicted octanol–water partition coefficient (Wildman–Crippen LogP) is 2.19. The van der Waals surface area contributed by atoms with Gasteiger partial charge in [-0.05, 0) is 6.07 Å². The maximum atomic E-state index is 12.2. The van der Waals surface area contributed by atoms with Crippen molar-refractivity contribution in [3.05, 3.63) is 18.0 Å². The van der Waals surface area contributed by atoms with E-state index >= 15 is 0 Å². The molecule has 1 N–H and O–H groups in total. The molecule has 0 aromatic carbocycles. The number of aromatic nitrogens is 2. The summed E-state index contributed by atoms with van der Waals surface area (Å²) >= 11 is 0. The van der Waals surface area contributed by atoms with E-state index in [1.165, 1.54) is 7.05 Å². The Labute approximate surface area is 91.7 Å². The zero-order valence-electron chi connectivity index (χ0n) is 8.42. The minimum Gasteiger partial charge on any atom is -0.386 e. The second-order valence-corrected chi connectivity index (χ2v) is 3.42. The smallest absolute Gasteiger partial charge is 0.386 e. The van der Waals surface area contributed by atoms with Crippen LogP contribution in [-0.2, 0) is 7.05 Å². The van der Waals surface area contributed by atoms with Gasteiger partial charge in [-0.3, -0.25) is 4.68 Å². The van der Waals surface area contributed by atoms with Crippen molar-refractivity contribution >= 4 is 0 Å². The zero-order chi connectivity index (χ0) is 13.4. The minimum atomic E-state index is -5.59. The Kier molecular flexibility index (Phi) is 3.42. The van der Waals surface area contributed by atoms with Crippen molar-refractivity contribution in [3.63, 3.8) is 0 Å². The summed E-state index contributed by atoms with van der Waals surface area (Å²) in [5.74, 6) is -3.84. The fraction of sp³-hybridized carbons (Fsp3) is 0.625. The first-order chi connectivity index (χ1) is 7.53. The van der Waals surface area contributed by atoms with Crippen LogP contribution in [0, 0.1) is 5.92 Å². The van der Waals surface area contributed by atoms with E-state index in [1.807, 2.05) is 0 Å². The van der Waals surface area contributed by atoms with Crippen molar-refractivity contribution in [3.8, 4) is 0 Å². The Balaban J connectivity index is 3.08. The van der Waals surface area contributed by atoms with Gasteiger partial charge >= 0.3 is 12.4 Å². The maximum Gasteiger partial charge on any atom is 0.403 e. The quantitative estimate of drug-likeness (QED) is 0.830. The Bertz CT molecular complexity index is 368. The lowest BCUT2D eigenvalue weighted by Gasteiger charge is -2.26. The molecule has 0 saturated heterocycles. The van der Waals surface area contributed by atoms with Crippen molar-refractivity contribution in [2.24, 2.45) is 13.0 Å². The summed E-state index contributed by atoms with van der Waals surface area (Å²) in [6.45, 7) is 0. The summed E-state index contributed by atoms with van der Waals surface area (Å²) in [4.78, 5) is 0. The standard InChI is InChI=1S/C8H8F6N2O/c1-16-3-2-4(15-16)5(17)6(7(9,10)11)8(12,13)14/h2-3,5-6,17H,1H3. The SMILES string of the molecule is Cn1ccc(C(O)C(C(F)(F)F)C(F)(F)F)n1. The van der Waals surface area contributed by atoms with Crippen LogP contribution < -0.4 is 0 Å². The van der Waals surface area contributed by atoms with Gasteiger partial charge in [0.25, 0.3) is 0 Å². The van der Waals surface area contributed by atoms with Crippen LogP contribution in [0.3, 0.4) is 0 Å². The van der Waals surface area contributed by atoms with Crippen molar-refractivity contribution in [1.82, 2.24) is 9.78 Å². The van der Waals surface area contributed by atoms with Crippen molar-refractivity contribution < 1.29 is 31.4 Å². The van der Waals surface area contributed by atoms with E-state index < -0.39 is 30.1 Å².